The lowest BCUT2D eigenvalue weighted by atomic mass is 9.99. The van der Waals surface area contributed by atoms with Gasteiger partial charge in [-0.25, -0.2) is 4.79 Å². The molecule has 26 heavy (non-hydrogen) atoms. The van der Waals surface area contributed by atoms with Gasteiger partial charge < -0.3 is 14.2 Å². The minimum absolute atomic E-state index is 0.00627. The number of aryl methyl sites for hydroxylation is 1. The predicted molar refractivity (Wildman–Crippen MR) is 77.6 cm³/mol. The number of halogens is 6. The molecule has 0 fully saturated rings. The second kappa shape index (κ2) is 7.08. The highest BCUT2D eigenvalue weighted by atomic mass is 19.4. The molecule has 1 atom stereocenters. The van der Waals surface area contributed by atoms with E-state index in [2.05, 4.69) is 4.74 Å². The molecular formula is C16H14F6O4. The number of ether oxygens (including phenoxy) is 3. The molecule has 0 amide bonds. The maximum absolute atomic E-state index is 13.3. The van der Waals surface area contributed by atoms with Gasteiger partial charge in [0.25, 0.3) is 0 Å². The Bertz CT molecular complexity index is 721. The summed E-state index contributed by atoms with van der Waals surface area (Å²) in [6, 6.07) is 1.74. The summed E-state index contributed by atoms with van der Waals surface area (Å²) in [6.45, 7) is 2.81. The van der Waals surface area contributed by atoms with Gasteiger partial charge in [-0.3, -0.25) is 0 Å². The van der Waals surface area contributed by atoms with Crippen LogP contribution in [0.15, 0.2) is 17.7 Å². The van der Waals surface area contributed by atoms with Crippen molar-refractivity contribution in [2.75, 3.05) is 6.61 Å². The van der Waals surface area contributed by atoms with Crippen molar-refractivity contribution in [3.63, 3.8) is 0 Å². The highest BCUT2D eigenvalue weighted by molar-refractivity contribution is 5.96. The van der Waals surface area contributed by atoms with Gasteiger partial charge in [-0.15, -0.1) is 13.2 Å². The lowest BCUT2D eigenvalue weighted by Gasteiger charge is -2.29. The van der Waals surface area contributed by atoms with E-state index in [1.165, 1.54) is 6.92 Å². The molecular weight excluding hydrogens is 370 g/mol. The molecule has 10 heteroatoms. The van der Waals surface area contributed by atoms with E-state index in [0.29, 0.717) is 6.42 Å². The Morgan fingerprint density at radius 2 is 1.85 bits per heavy atom. The van der Waals surface area contributed by atoms with Crippen LogP contribution in [0.25, 0.3) is 6.08 Å². The Morgan fingerprint density at radius 3 is 2.38 bits per heavy atom. The molecule has 4 nitrogen and oxygen atoms in total. The maximum Gasteiger partial charge on any atom is 0.573 e. The second-order valence-corrected chi connectivity index (χ2v) is 5.48. The van der Waals surface area contributed by atoms with E-state index >= 15 is 0 Å². The number of esters is 1. The lowest BCUT2D eigenvalue weighted by Crippen LogP contribution is -2.41. The molecule has 1 heterocycles. The van der Waals surface area contributed by atoms with Crippen molar-refractivity contribution in [3.8, 4) is 11.5 Å². The third-order valence-electron chi connectivity index (χ3n) is 3.31. The first kappa shape index (κ1) is 19.9. The second-order valence-electron chi connectivity index (χ2n) is 5.48. The Labute approximate surface area is 144 Å². The number of benzene rings is 1. The SMILES string of the molecule is CCCOC(=O)C1=Cc2cc(OC(F)(F)F)cc(C)c2OC1C(F)(F)F. The van der Waals surface area contributed by atoms with Crippen LogP contribution in [0.2, 0.25) is 0 Å². The minimum Gasteiger partial charge on any atom is -0.475 e. The molecule has 0 saturated heterocycles. The first-order valence-electron chi connectivity index (χ1n) is 7.45. The van der Waals surface area contributed by atoms with Gasteiger partial charge in [0.15, 0.2) is 0 Å². The summed E-state index contributed by atoms with van der Waals surface area (Å²) in [6.07, 6.45) is -11.3. The Balaban J connectivity index is 2.49. The summed E-state index contributed by atoms with van der Waals surface area (Å²) in [5.74, 6) is -2.17. The Kier molecular flexibility index (Phi) is 5.43. The number of carbonyl (C=O) groups excluding carboxylic acids is 1. The first-order chi connectivity index (χ1) is 11.9. The minimum atomic E-state index is -4.97. The quantitative estimate of drug-likeness (QED) is 0.564. The lowest BCUT2D eigenvalue weighted by molar-refractivity contribution is -0.274. The molecule has 2 rings (SSSR count). The van der Waals surface area contributed by atoms with Crippen LogP contribution in [-0.4, -0.2) is 31.2 Å². The van der Waals surface area contributed by atoms with Crippen molar-refractivity contribution in [1.82, 2.24) is 0 Å². The van der Waals surface area contributed by atoms with Crippen LogP contribution in [0.3, 0.4) is 0 Å². The van der Waals surface area contributed by atoms with Gasteiger partial charge in [-0.05, 0) is 37.1 Å². The van der Waals surface area contributed by atoms with E-state index in [9.17, 15) is 31.1 Å². The third-order valence-corrected chi connectivity index (χ3v) is 3.31. The van der Waals surface area contributed by atoms with Crippen LogP contribution >= 0.6 is 0 Å². The molecule has 0 bridgehead atoms. The van der Waals surface area contributed by atoms with E-state index in [4.69, 9.17) is 9.47 Å². The predicted octanol–water partition coefficient (Wildman–Crippen LogP) is 4.55. The summed E-state index contributed by atoms with van der Waals surface area (Å²) >= 11 is 0. The van der Waals surface area contributed by atoms with Gasteiger partial charge in [-0.1, -0.05) is 6.92 Å². The van der Waals surface area contributed by atoms with Gasteiger partial charge >= 0.3 is 18.5 Å². The molecule has 1 aliphatic rings. The molecule has 0 saturated carbocycles. The molecule has 1 unspecified atom stereocenters. The van der Waals surface area contributed by atoms with Gasteiger partial charge in [0.1, 0.15) is 11.5 Å². The fraction of sp³-hybridized carbons (Fsp3) is 0.438. The first-order valence-corrected chi connectivity index (χ1v) is 7.45. The van der Waals surface area contributed by atoms with E-state index in [0.717, 1.165) is 18.2 Å². The molecule has 0 spiro atoms. The summed E-state index contributed by atoms with van der Waals surface area (Å²) in [7, 11) is 0. The fourth-order valence-electron chi connectivity index (χ4n) is 2.34. The van der Waals surface area contributed by atoms with E-state index in [1.54, 1.807) is 6.92 Å². The zero-order chi connectivity index (χ0) is 19.7. The number of alkyl halides is 6. The van der Waals surface area contributed by atoms with Crippen molar-refractivity contribution >= 4 is 12.0 Å². The van der Waals surface area contributed by atoms with Crippen LogP contribution in [0, 0.1) is 6.92 Å². The maximum atomic E-state index is 13.3. The number of hydrogen-bond donors (Lipinski definition) is 0. The molecule has 1 aliphatic heterocycles. The fourth-order valence-corrected chi connectivity index (χ4v) is 2.34. The van der Waals surface area contributed by atoms with E-state index in [1.807, 2.05) is 0 Å². The van der Waals surface area contributed by atoms with Crippen LogP contribution in [0.1, 0.15) is 24.5 Å². The van der Waals surface area contributed by atoms with Crippen LogP contribution in [-0.2, 0) is 9.53 Å². The van der Waals surface area contributed by atoms with Gasteiger partial charge in [0, 0.05) is 5.56 Å². The molecule has 0 aliphatic carbocycles. The molecule has 1 aromatic carbocycles. The molecule has 0 N–H and O–H groups in total. The van der Waals surface area contributed by atoms with Crippen molar-refractivity contribution < 1.29 is 45.3 Å². The van der Waals surface area contributed by atoms with E-state index < -0.39 is 35.9 Å². The molecule has 144 valence electrons. The highest BCUT2D eigenvalue weighted by Gasteiger charge is 2.49. The Hall–Kier alpha value is -2.39. The van der Waals surface area contributed by atoms with Crippen LogP contribution in [0.5, 0.6) is 11.5 Å². The largest absolute Gasteiger partial charge is 0.573 e. The smallest absolute Gasteiger partial charge is 0.475 e. The number of hydrogen-bond acceptors (Lipinski definition) is 4. The standard InChI is InChI=1S/C16H14F6O4/c1-3-4-24-14(23)11-7-9-6-10(26-16(20,21)22)5-8(2)12(9)25-13(11)15(17,18)19/h5-7,13H,3-4H2,1-2H3. The summed E-state index contributed by atoms with van der Waals surface area (Å²) in [5, 5.41) is 0. The van der Waals surface area contributed by atoms with E-state index in [-0.39, 0.29) is 23.5 Å². The van der Waals surface area contributed by atoms with Crippen molar-refractivity contribution in [3.05, 3.63) is 28.8 Å². The number of rotatable bonds is 4. The van der Waals surface area contributed by atoms with Crippen molar-refractivity contribution in [1.29, 1.82) is 0 Å². The molecule has 1 aromatic rings. The topological polar surface area (TPSA) is 44.8 Å². The number of carbonyl (C=O) groups is 1. The highest BCUT2D eigenvalue weighted by Crippen LogP contribution is 2.41. The molecule has 0 aromatic heterocycles. The van der Waals surface area contributed by atoms with Gasteiger partial charge in [-0.2, -0.15) is 13.2 Å². The Morgan fingerprint density at radius 1 is 1.19 bits per heavy atom. The monoisotopic (exact) mass is 384 g/mol. The third kappa shape index (κ3) is 4.61. The average Bonchev–Trinajstić information content (AvgIpc) is 2.48. The van der Waals surface area contributed by atoms with Gasteiger partial charge in [0.2, 0.25) is 6.10 Å². The zero-order valence-corrected chi connectivity index (χ0v) is 13.6. The zero-order valence-electron chi connectivity index (χ0n) is 13.6. The van der Waals surface area contributed by atoms with Crippen LogP contribution < -0.4 is 9.47 Å². The summed E-state index contributed by atoms with van der Waals surface area (Å²) in [4.78, 5) is 11.9. The van der Waals surface area contributed by atoms with Gasteiger partial charge in [0.05, 0.1) is 12.2 Å². The average molecular weight is 384 g/mol. The molecule has 0 radical (unpaired) electrons. The van der Waals surface area contributed by atoms with Crippen molar-refractivity contribution in [2.45, 2.75) is 38.9 Å². The van der Waals surface area contributed by atoms with Crippen molar-refractivity contribution in [2.24, 2.45) is 0 Å². The normalized spacial score (nSPS) is 17.1. The summed E-state index contributed by atoms with van der Waals surface area (Å²) in [5.41, 5.74) is -0.997. The number of fused-ring (bicyclic) bond motifs is 1. The summed E-state index contributed by atoms with van der Waals surface area (Å²) < 4.78 is 90.3. The van der Waals surface area contributed by atoms with Crippen LogP contribution in [0.4, 0.5) is 26.3 Å².